The Balaban J connectivity index is 1.58. The number of rotatable bonds is 9. The summed E-state index contributed by atoms with van der Waals surface area (Å²) < 4.78 is 75.8. The molecule has 0 aliphatic carbocycles. The summed E-state index contributed by atoms with van der Waals surface area (Å²) in [4.78, 5) is 3.86. The Hall–Kier alpha value is -3.11. The van der Waals surface area contributed by atoms with Crippen LogP contribution >= 0.6 is 0 Å². The number of methoxy groups -OCH3 is 2. The zero-order valence-electron chi connectivity index (χ0n) is 18.0. The Morgan fingerprint density at radius 2 is 1.70 bits per heavy atom. The summed E-state index contributed by atoms with van der Waals surface area (Å²) in [7, 11) is -0.527. The molecule has 176 valence electrons. The van der Waals surface area contributed by atoms with Crippen LogP contribution in [-0.2, 0) is 29.2 Å². The van der Waals surface area contributed by atoms with Gasteiger partial charge in [0.15, 0.2) is 0 Å². The molecule has 2 aromatic carbocycles. The van der Waals surface area contributed by atoms with Crippen molar-refractivity contribution in [1.29, 1.82) is 0 Å². The third-order valence-electron chi connectivity index (χ3n) is 4.98. The van der Waals surface area contributed by atoms with Gasteiger partial charge in [0.2, 0.25) is 10.0 Å². The van der Waals surface area contributed by atoms with Crippen molar-refractivity contribution in [3.63, 3.8) is 0 Å². The van der Waals surface area contributed by atoms with Gasteiger partial charge in [-0.3, -0.25) is 4.98 Å². The molecule has 3 aromatic rings. The highest BCUT2D eigenvalue weighted by atomic mass is 32.2. The highest BCUT2D eigenvalue weighted by Gasteiger charge is 2.30. The number of pyridine rings is 1. The first-order valence-electron chi connectivity index (χ1n) is 9.92. The molecule has 33 heavy (non-hydrogen) atoms. The predicted molar refractivity (Wildman–Crippen MR) is 119 cm³/mol. The molecule has 1 N–H and O–H groups in total. The van der Waals surface area contributed by atoms with Crippen molar-refractivity contribution in [3.8, 4) is 22.8 Å². The maximum absolute atomic E-state index is 12.7. The number of nitrogens with zero attached hydrogens (tertiary/aromatic N) is 1. The molecular weight excluding hydrogens is 457 g/mol. The number of sulfonamides is 1. The molecule has 3 rings (SSSR count). The molecule has 0 radical (unpaired) electrons. The molecule has 1 heterocycles. The van der Waals surface area contributed by atoms with Crippen LogP contribution in [0.1, 0.15) is 16.7 Å². The normalized spacial score (nSPS) is 11.9. The van der Waals surface area contributed by atoms with E-state index in [9.17, 15) is 21.6 Å². The number of aromatic nitrogens is 1. The fraction of sp³-hybridized carbons (Fsp3) is 0.261. The van der Waals surface area contributed by atoms with Crippen molar-refractivity contribution in [2.75, 3.05) is 20.0 Å². The Morgan fingerprint density at radius 1 is 0.970 bits per heavy atom. The molecule has 0 spiro atoms. The maximum Gasteiger partial charge on any atom is 0.417 e. The third-order valence-corrected chi connectivity index (χ3v) is 6.30. The van der Waals surface area contributed by atoms with Crippen molar-refractivity contribution in [2.24, 2.45) is 0 Å². The molecule has 10 heteroatoms. The SMILES string of the molecule is COc1ccc(CNS(=O)(=O)CCc2ccc(-c3ccc(C(F)(F)F)cn3)cc2)c(OC)c1. The van der Waals surface area contributed by atoms with Crippen LogP contribution in [0.15, 0.2) is 60.8 Å². The lowest BCUT2D eigenvalue weighted by atomic mass is 10.1. The average molecular weight is 481 g/mol. The second kappa shape index (κ2) is 10.2. The lowest BCUT2D eigenvalue weighted by Gasteiger charge is -2.12. The third kappa shape index (κ3) is 6.69. The van der Waals surface area contributed by atoms with Crippen molar-refractivity contribution >= 4 is 10.0 Å². The number of benzene rings is 2. The minimum absolute atomic E-state index is 0.0774. The Kier molecular flexibility index (Phi) is 7.60. The van der Waals surface area contributed by atoms with Crippen LogP contribution in [0.25, 0.3) is 11.3 Å². The summed E-state index contributed by atoms with van der Waals surface area (Å²) in [5, 5.41) is 0. The van der Waals surface area contributed by atoms with Crippen LogP contribution in [0.4, 0.5) is 13.2 Å². The average Bonchev–Trinajstić information content (AvgIpc) is 2.81. The molecule has 1 aromatic heterocycles. The zero-order valence-corrected chi connectivity index (χ0v) is 18.8. The summed E-state index contributed by atoms with van der Waals surface area (Å²) >= 11 is 0. The molecule has 0 aliphatic rings. The number of hydrogen-bond acceptors (Lipinski definition) is 5. The van der Waals surface area contributed by atoms with Crippen LogP contribution in [0.3, 0.4) is 0 Å². The summed E-state index contributed by atoms with van der Waals surface area (Å²) in [6.07, 6.45) is -3.37. The van der Waals surface area contributed by atoms with E-state index in [2.05, 4.69) is 9.71 Å². The van der Waals surface area contributed by atoms with Crippen LogP contribution < -0.4 is 14.2 Å². The predicted octanol–water partition coefficient (Wildman–Crippen LogP) is 4.45. The summed E-state index contributed by atoms with van der Waals surface area (Å²) in [5.74, 6) is 1.00. The number of ether oxygens (including phenoxy) is 2. The maximum atomic E-state index is 12.7. The second-order valence-electron chi connectivity index (χ2n) is 7.19. The monoisotopic (exact) mass is 480 g/mol. The first kappa shape index (κ1) is 24.5. The number of aryl methyl sites for hydroxylation is 1. The number of halogens is 3. The molecule has 0 bridgehead atoms. The zero-order chi connectivity index (χ0) is 24.1. The molecular formula is C23H23F3N2O4S. The molecule has 0 saturated carbocycles. The van der Waals surface area contributed by atoms with E-state index < -0.39 is 21.8 Å². The van der Waals surface area contributed by atoms with Crippen LogP contribution in [0.2, 0.25) is 0 Å². The van der Waals surface area contributed by atoms with Gasteiger partial charge in [-0.25, -0.2) is 13.1 Å². The van der Waals surface area contributed by atoms with Gasteiger partial charge in [-0.2, -0.15) is 13.2 Å². The van der Waals surface area contributed by atoms with E-state index in [-0.39, 0.29) is 18.7 Å². The summed E-state index contributed by atoms with van der Waals surface area (Å²) in [6.45, 7) is 0.0774. The molecule has 0 aliphatic heterocycles. The number of hydrogen-bond donors (Lipinski definition) is 1. The minimum atomic E-state index is -4.44. The first-order valence-corrected chi connectivity index (χ1v) is 11.6. The lowest BCUT2D eigenvalue weighted by molar-refractivity contribution is -0.137. The van der Waals surface area contributed by atoms with E-state index >= 15 is 0 Å². The van der Waals surface area contributed by atoms with Gasteiger partial charge in [0.25, 0.3) is 0 Å². The van der Waals surface area contributed by atoms with Crippen molar-refractivity contribution in [3.05, 3.63) is 77.5 Å². The molecule has 0 saturated heterocycles. The van der Waals surface area contributed by atoms with Crippen molar-refractivity contribution in [1.82, 2.24) is 9.71 Å². The van der Waals surface area contributed by atoms with E-state index in [1.165, 1.54) is 20.3 Å². The molecule has 6 nitrogen and oxygen atoms in total. The molecule has 0 atom stereocenters. The van der Waals surface area contributed by atoms with Crippen molar-refractivity contribution < 1.29 is 31.1 Å². The topological polar surface area (TPSA) is 77.5 Å². The molecule has 0 unspecified atom stereocenters. The lowest BCUT2D eigenvalue weighted by Crippen LogP contribution is -2.27. The quantitative estimate of drug-likeness (QED) is 0.490. The number of nitrogens with one attached hydrogen (secondary N) is 1. The highest BCUT2D eigenvalue weighted by Crippen LogP contribution is 2.30. The fourth-order valence-electron chi connectivity index (χ4n) is 3.08. The van der Waals surface area contributed by atoms with Gasteiger partial charge in [0.05, 0.1) is 31.2 Å². The smallest absolute Gasteiger partial charge is 0.417 e. The van der Waals surface area contributed by atoms with Gasteiger partial charge in [-0.15, -0.1) is 0 Å². The van der Waals surface area contributed by atoms with Crippen LogP contribution in [0.5, 0.6) is 11.5 Å². The largest absolute Gasteiger partial charge is 0.497 e. The van der Waals surface area contributed by atoms with Crippen molar-refractivity contribution in [2.45, 2.75) is 19.1 Å². The standard InChI is InChI=1S/C23H23F3N2O4S/c1-31-20-9-7-18(22(13-20)32-2)14-28-33(29,30)12-11-16-3-5-17(6-4-16)21-10-8-19(15-27-21)23(24,25)26/h3-10,13,15,28H,11-12,14H2,1-2H3. The van der Waals surface area contributed by atoms with Gasteiger partial charge in [0.1, 0.15) is 11.5 Å². The van der Waals surface area contributed by atoms with E-state index in [4.69, 9.17) is 9.47 Å². The Morgan fingerprint density at radius 3 is 2.27 bits per heavy atom. The Labute approximate surface area is 190 Å². The van der Waals surface area contributed by atoms with Gasteiger partial charge in [-0.05, 0) is 30.2 Å². The van der Waals surface area contributed by atoms with E-state index in [0.29, 0.717) is 28.3 Å². The summed E-state index contributed by atoms with van der Waals surface area (Å²) in [6, 6.07) is 14.3. The van der Waals surface area contributed by atoms with E-state index in [1.54, 1.807) is 42.5 Å². The summed E-state index contributed by atoms with van der Waals surface area (Å²) in [5.41, 5.74) is 1.68. The molecule has 0 fully saturated rings. The molecule has 0 amide bonds. The van der Waals surface area contributed by atoms with Gasteiger partial charge < -0.3 is 9.47 Å². The van der Waals surface area contributed by atoms with E-state index in [1.807, 2.05) is 0 Å². The number of alkyl halides is 3. The first-order chi connectivity index (χ1) is 15.6. The fourth-order valence-corrected chi connectivity index (χ4v) is 4.11. The van der Waals surface area contributed by atoms with E-state index in [0.717, 1.165) is 17.8 Å². The van der Waals surface area contributed by atoms with Gasteiger partial charge in [0, 0.05) is 29.9 Å². The van der Waals surface area contributed by atoms with Crippen LogP contribution in [0, 0.1) is 0 Å². The Bertz CT molecular complexity index is 1180. The minimum Gasteiger partial charge on any atom is -0.497 e. The van der Waals surface area contributed by atoms with Gasteiger partial charge >= 0.3 is 6.18 Å². The van der Waals surface area contributed by atoms with Gasteiger partial charge in [-0.1, -0.05) is 30.3 Å². The second-order valence-corrected chi connectivity index (χ2v) is 9.12. The van der Waals surface area contributed by atoms with Crippen LogP contribution in [-0.4, -0.2) is 33.4 Å². The highest BCUT2D eigenvalue weighted by molar-refractivity contribution is 7.89.